The van der Waals surface area contributed by atoms with Gasteiger partial charge >= 0.3 is 18.5 Å². The summed E-state index contributed by atoms with van der Waals surface area (Å²) in [5, 5.41) is 2.44. The monoisotopic (exact) mass is 555 g/mol. The van der Waals surface area contributed by atoms with Crippen molar-refractivity contribution < 1.29 is 48.3 Å². The number of nitrogens with zero attached hydrogens (tertiary/aromatic N) is 4. The standard InChI is InChI=1S/C22H12F11N5/c1-38-18-17(37-19(38)22(31,32)33)36-16(34-10-3-5-12(14(24)8-10)21(28,29)30)15(35-18)7-9-2-4-11(13(23)6-9)20(25,26)27/h2-6,8H,7H2,1H3,(H,34,36). The molecule has 2 aromatic heterocycles. The number of hydrogen-bond acceptors (Lipinski definition) is 4. The molecule has 0 atom stereocenters. The Kier molecular flexibility index (Phi) is 6.48. The van der Waals surface area contributed by atoms with E-state index in [2.05, 4.69) is 20.3 Å². The van der Waals surface area contributed by atoms with Crippen LogP contribution in [0.15, 0.2) is 36.4 Å². The van der Waals surface area contributed by atoms with Gasteiger partial charge in [0.2, 0.25) is 5.82 Å². The molecule has 0 spiro atoms. The van der Waals surface area contributed by atoms with Crippen LogP contribution >= 0.6 is 0 Å². The molecule has 0 saturated heterocycles. The van der Waals surface area contributed by atoms with E-state index in [0.29, 0.717) is 28.8 Å². The van der Waals surface area contributed by atoms with E-state index in [1.807, 2.05) is 0 Å². The predicted molar refractivity (Wildman–Crippen MR) is 110 cm³/mol. The molecule has 0 saturated carbocycles. The Morgan fingerprint density at radius 3 is 1.84 bits per heavy atom. The first-order chi connectivity index (χ1) is 17.4. The minimum atomic E-state index is -5.00. The first kappa shape index (κ1) is 27.1. The Morgan fingerprint density at radius 1 is 0.737 bits per heavy atom. The third-order valence-corrected chi connectivity index (χ3v) is 5.28. The molecule has 0 aliphatic heterocycles. The number of nitrogens with one attached hydrogen (secondary N) is 1. The summed E-state index contributed by atoms with van der Waals surface area (Å²) >= 11 is 0. The van der Waals surface area contributed by atoms with Crippen LogP contribution in [0.5, 0.6) is 0 Å². The maximum atomic E-state index is 14.1. The van der Waals surface area contributed by atoms with Crippen molar-refractivity contribution in [3.63, 3.8) is 0 Å². The van der Waals surface area contributed by atoms with Gasteiger partial charge in [0.15, 0.2) is 17.1 Å². The van der Waals surface area contributed by atoms with E-state index in [4.69, 9.17) is 0 Å². The third-order valence-electron chi connectivity index (χ3n) is 5.28. The van der Waals surface area contributed by atoms with Crippen molar-refractivity contribution in [2.24, 2.45) is 7.05 Å². The summed E-state index contributed by atoms with van der Waals surface area (Å²) in [4.78, 5) is 11.3. The number of rotatable bonds is 4. The number of aryl methyl sites for hydroxylation is 1. The van der Waals surface area contributed by atoms with Crippen molar-refractivity contribution in [2.75, 3.05) is 5.32 Å². The van der Waals surface area contributed by atoms with Gasteiger partial charge in [0.05, 0.1) is 16.8 Å². The molecular weight excluding hydrogens is 543 g/mol. The summed E-state index contributed by atoms with van der Waals surface area (Å²) < 4.78 is 146. The second kappa shape index (κ2) is 9.09. The zero-order valence-corrected chi connectivity index (χ0v) is 18.6. The average molecular weight is 555 g/mol. The molecule has 2 aromatic carbocycles. The normalized spacial score (nSPS) is 12.8. The summed E-state index contributed by atoms with van der Waals surface area (Å²) in [6.45, 7) is 0. The average Bonchev–Trinajstić information content (AvgIpc) is 3.08. The van der Waals surface area contributed by atoms with Crippen LogP contribution in [-0.2, 0) is 32.0 Å². The number of anilines is 2. The minimum Gasteiger partial charge on any atom is -0.339 e. The van der Waals surface area contributed by atoms with Gasteiger partial charge in [0.25, 0.3) is 0 Å². The number of fused-ring (bicyclic) bond motifs is 1. The third kappa shape index (κ3) is 5.33. The molecule has 0 amide bonds. The molecule has 0 fully saturated rings. The molecule has 202 valence electrons. The highest BCUT2D eigenvalue weighted by Gasteiger charge is 2.38. The zero-order valence-electron chi connectivity index (χ0n) is 18.6. The van der Waals surface area contributed by atoms with Crippen molar-refractivity contribution in [1.29, 1.82) is 0 Å². The molecule has 0 aliphatic rings. The molecule has 16 heteroatoms. The van der Waals surface area contributed by atoms with Crippen LogP contribution in [0.3, 0.4) is 0 Å². The van der Waals surface area contributed by atoms with Crippen LogP contribution < -0.4 is 5.32 Å². The number of hydrogen-bond donors (Lipinski definition) is 1. The van der Waals surface area contributed by atoms with E-state index in [-0.39, 0.29) is 16.9 Å². The predicted octanol–water partition coefficient (Wildman–Crippen LogP) is 7.03. The lowest BCUT2D eigenvalue weighted by Crippen LogP contribution is -2.12. The molecule has 5 nitrogen and oxygen atoms in total. The molecule has 4 rings (SSSR count). The van der Waals surface area contributed by atoms with Gasteiger partial charge in [-0.3, -0.25) is 0 Å². The fourth-order valence-corrected chi connectivity index (χ4v) is 3.56. The lowest BCUT2D eigenvalue weighted by atomic mass is 10.1. The van der Waals surface area contributed by atoms with Crippen molar-refractivity contribution >= 4 is 22.8 Å². The van der Waals surface area contributed by atoms with E-state index in [1.54, 1.807) is 0 Å². The summed E-state index contributed by atoms with van der Waals surface area (Å²) in [6.07, 6.45) is -15.4. The van der Waals surface area contributed by atoms with Crippen LogP contribution in [0.1, 0.15) is 28.2 Å². The van der Waals surface area contributed by atoms with E-state index in [0.717, 1.165) is 19.2 Å². The summed E-state index contributed by atoms with van der Waals surface area (Å²) in [6, 6.07) is 3.59. The van der Waals surface area contributed by atoms with Gasteiger partial charge in [-0.05, 0) is 35.9 Å². The van der Waals surface area contributed by atoms with Crippen LogP contribution in [0.4, 0.5) is 59.8 Å². The number of aromatic nitrogens is 4. The molecule has 0 aliphatic carbocycles. The Balaban J connectivity index is 1.82. The number of alkyl halides is 9. The van der Waals surface area contributed by atoms with Crippen LogP contribution in [0.25, 0.3) is 11.3 Å². The zero-order chi connectivity index (χ0) is 28.2. The van der Waals surface area contributed by atoms with Crippen molar-refractivity contribution in [3.8, 4) is 0 Å². The topological polar surface area (TPSA) is 55.6 Å². The minimum absolute atomic E-state index is 0.0935. The summed E-state index contributed by atoms with van der Waals surface area (Å²) in [5.74, 6) is -5.08. The second-order valence-electron chi connectivity index (χ2n) is 7.96. The molecular formula is C22H12F11N5. The first-order valence-corrected chi connectivity index (χ1v) is 10.2. The van der Waals surface area contributed by atoms with Gasteiger partial charge in [-0.2, -0.15) is 39.5 Å². The highest BCUT2D eigenvalue weighted by molar-refractivity contribution is 5.72. The molecule has 0 bridgehead atoms. The van der Waals surface area contributed by atoms with Crippen molar-refractivity contribution in [1.82, 2.24) is 19.5 Å². The Morgan fingerprint density at radius 2 is 1.32 bits per heavy atom. The number of benzene rings is 2. The molecule has 1 N–H and O–H groups in total. The molecule has 4 aromatic rings. The summed E-state index contributed by atoms with van der Waals surface area (Å²) in [7, 11) is 0.979. The Bertz CT molecular complexity index is 1520. The maximum absolute atomic E-state index is 14.1. The van der Waals surface area contributed by atoms with Gasteiger partial charge in [-0.25, -0.2) is 23.7 Å². The lowest BCUT2D eigenvalue weighted by Gasteiger charge is -2.14. The van der Waals surface area contributed by atoms with E-state index in [1.165, 1.54) is 0 Å². The smallest absolute Gasteiger partial charge is 0.339 e. The highest BCUT2D eigenvalue weighted by Crippen LogP contribution is 2.35. The van der Waals surface area contributed by atoms with Gasteiger partial charge < -0.3 is 9.88 Å². The maximum Gasteiger partial charge on any atom is 0.449 e. The Labute approximate surface area is 205 Å². The molecule has 38 heavy (non-hydrogen) atoms. The van der Waals surface area contributed by atoms with Gasteiger partial charge in [-0.1, -0.05) is 6.07 Å². The fraction of sp³-hybridized carbons (Fsp3) is 0.227. The van der Waals surface area contributed by atoms with Crippen LogP contribution in [0, 0.1) is 11.6 Å². The van der Waals surface area contributed by atoms with Crippen LogP contribution in [-0.4, -0.2) is 19.5 Å². The number of halogens is 11. The van der Waals surface area contributed by atoms with E-state index in [9.17, 15) is 48.3 Å². The molecule has 0 unspecified atom stereocenters. The van der Waals surface area contributed by atoms with Gasteiger partial charge in [-0.15, -0.1) is 0 Å². The molecule has 2 heterocycles. The second-order valence-corrected chi connectivity index (χ2v) is 7.96. The fourth-order valence-electron chi connectivity index (χ4n) is 3.56. The lowest BCUT2D eigenvalue weighted by molar-refractivity contribution is -0.146. The quantitative estimate of drug-likeness (QED) is 0.275. The highest BCUT2D eigenvalue weighted by atomic mass is 19.4. The SMILES string of the molecule is Cn1c(C(F)(F)F)nc2nc(Nc3ccc(C(F)(F)F)c(F)c3)c(Cc3ccc(C(F)(F)F)c(F)c3)nc21. The number of imidazole rings is 1. The van der Waals surface area contributed by atoms with E-state index >= 15 is 0 Å². The van der Waals surface area contributed by atoms with Crippen molar-refractivity contribution in [2.45, 2.75) is 24.9 Å². The van der Waals surface area contributed by atoms with Gasteiger partial charge in [0, 0.05) is 19.2 Å². The molecule has 0 radical (unpaired) electrons. The van der Waals surface area contributed by atoms with E-state index < -0.39 is 70.6 Å². The van der Waals surface area contributed by atoms with Crippen LogP contribution in [0.2, 0.25) is 0 Å². The van der Waals surface area contributed by atoms with Crippen molar-refractivity contribution in [3.05, 3.63) is 76.2 Å². The first-order valence-electron chi connectivity index (χ1n) is 10.2. The van der Waals surface area contributed by atoms with Gasteiger partial charge in [0.1, 0.15) is 11.6 Å². The summed E-state index contributed by atoms with van der Waals surface area (Å²) in [5.41, 5.74) is -4.72. The Hall–Kier alpha value is -3.98. The largest absolute Gasteiger partial charge is 0.449 e.